The SMILES string of the molecule is Cc1cc(C[C@@H]2COCCN(CC(=O)N(C)C)C2)ncn1. The second kappa shape index (κ2) is 7.47. The van der Waals surface area contributed by atoms with Crippen molar-refractivity contribution in [1.82, 2.24) is 19.8 Å². The summed E-state index contributed by atoms with van der Waals surface area (Å²) in [6, 6.07) is 2.01. The van der Waals surface area contributed by atoms with Gasteiger partial charge in [-0.3, -0.25) is 9.69 Å². The van der Waals surface area contributed by atoms with E-state index in [1.807, 2.05) is 13.0 Å². The molecule has 0 unspecified atom stereocenters. The highest BCUT2D eigenvalue weighted by atomic mass is 16.5. The predicted octanol–water partition coefficient (Wildman–Crippen LogP) is 0.364. The zero-order valence-corrected chi connectivity index (χ0v) is 13.1. The Balaban J connectivity index is 1.94. The maximum absolute atomic E-state index is 11.9. The molecule has 0 N–H and O–H groups in total. The number of hydrogen-bond donors (Lipinski definition) is 0. The molecule has 0 bridgehead atoms. The van der Waals surface area contributed by atoms with Gasteiger partial charge >= 0.3 is 0 Å². The van der Waals surface area contributed by atoms with Crippen molar-refractivity contribution in [2.24, 2.45) is 5.92 Å². The summed E-state index contributed by atoms with van der Waals surface area (Å²) in [6.45, 7) is 5.49. The van der Waals surface area contributed by atoms with Gasteiger partial charge in [0.2, 0.25) is 5.91 Å². The number of ether oxygens (including phenoxy) is 1. The first-order chi connectivity index (χ1) is 10.0. The van der Waals surface area contributed by atoms with Crippen molar-refractivity contribution in [1.29, 1.82) is 0 Å². The molecule has 21 heavy (non-hydrogen) atoms. The first-order valence-corrected chi connectivity index (χ1v) is 7.32. The molecular weight excluding hydrogens is 268 g/mol. The highest BCUT2D eigenvalue weighted by molar-refractivity contribution is 5.77. The van der Waals surface area contributed by atoms with Gasteiger partial charge in [0, 0.05) is 44.5 Å². The van der Waals surface area contributed by atoms with E-state index in [9.17, 15) is 4.79 Å². The second-order valence-electron chi connectivity index (χ2n) is 5.82. The van der Waals surface area contributed by atoms with Crippen LogP contribution in [0, 0.1) is 12.8 Å². The number of carbonyl (C=O) groups excluding carboxylic acids is 1. The Bertz CT molecular complexity index is 478. The van der Waals surface area contributed by atoms with Gasteiger partial charge in [0.1, 0.15) is 6.33 Å². The van der Waals surface area contributed by atoms with Crippen molar-refractivity contribution in [3.8, 4) is 0 Å². The van der Waals surface area contributed by atoms with Crippen LogP contribution >= 0.6 is 0 Å². The van der Waals surface area contributed by atoms with Gasteiger partial charge in [0.15, 0.2) is 0 Å². The smallest absolute Gasteiger partial charge is 0.236 e. The van der Waals surface area contributed by atoms with Crippen molar-refractivity contribution in [3.63, 3.8) is 0 Å². The van der Waals surface area contributed by atoms with Crippen LogP contribution in [0.4, 0.5) is 0 Å². The number of likely N-dealkylation sites (N-methyl/N-ethyl adjacent to an activating group) is 1. The third-order valence-electron chi connectivity index (χ3n) is 3.64. The summed E-state index contributed by atoms with van der Waals surface area (Å²) in [5.74, 6) is 0.491. The average molecular weight is 292 g/mol. The first-order valence-electron chi connectivity index (χ1n) is 7.32. The standard InChI is InChI=1S/C15H24N4O2/c1-12-6-14(17-11-16-12)7-13-8-19(4-5-21-10-13)9-15(20)18(2)3/h6,11,13H,4-5,7-10H2,1-3H3/t13-/m0/s1. The van der Waals surface area contributed by atoms with Crippen molar-refractivity contribution in [3.05, 3.63) is 23.8 Å². The zero-order valence-electron chi connectivity index (χ0n) is 13.1. The number of amides is 1. The third kappa shape index (κ3) is 5.06. The van der Waals surface area contributed by atoms with E-state index in [0.717, 1.165) is 37.5 Å². The Kier molecular flexibility index (Phi) is 5.64. The molecule has 1 saturated heterocycles. The fourth-order valence-corrected chi connectivity index (χ4v) is 2.47. The summed E-state index contributed by atoms with van der Waals surface area (Å²) in [6.07, 6.45) is 2.46. The molecule has 6 nitrogen and oxygen atoms in total. The fourth-order valence-electron chi connectivity index (χ4n) is 2.47. The van der Waals surface area contributed by atoms with E-state index in [1.165, 1.54) is 0 Å². The summed E-state index contributed by atoms with van der Waals surface area (Å²) in [4.78, 5) is 24.1. The summed E-state index contributed by atoms with van der Waals surface area (Å²) >= 11 is 0. The van der Waals surface area contributed by atoms with E-state index in [2.05, 4.69) is 14.9 Å². The maximum atomic E-state index is 11.9. The summed E-state index contributed by atoms with van der Waals surface area (Å²) < 4.78 is 5.67. The quantitative estimate of drug-likeness (QED) is 0.802. The van der Waals surface area contributed by atoms with E-state index in [4.69, 9.17) is 4.74 Å². The van der Waals surface area contributed by atoms with E-state index in [0.29, 0.717) is 19.1 Å². The summed E-state index contributed by atoms with van der Waals surface area (Å²) in [7, 11) is 3.58. The number of carbonyl (C=O) groups is 1. The van der Waals surface area contributed by atoms with Crippen LogP contribution in [-0.2, 0) is 16.0 Å². The normalized spacial score (nSPS) is 20.0. The molecule has 0 spiro atoms. The Morgan fingerprint density at radius 3 is 3.00 bits per heavy atom. The molecule has 1 aliphatic rings. The molecule has 6 heteroatoms. The number of rotatable bonds is 4. The van der Waals surface area contributed by atoms with Gasteiger partial charge in [-0.2, -0.15) is 0 Å². The van der Waals surface area contributed by atoms with E-state index in [1.54, 1.807) is 25.3 Å². The van der Waals surface area contributed by atoms with Crippen molar-refractivity contribution >= 4 is 5.91 Å². The largest absolute Gasteiger partial charge is 0.380 e. The molecule has 1 aliphatic heterocycles. The molecule has 2 rings (SSSR count). The van der Waals surface area contributed by atoms with Gasteiger partial charge in [0.05, 0.1) is 19.8 Å². The summed E-state index contributed by atoms with van der Waals surface area (Å²) in [5, 5.41) is 0. The number of hydrogen-bond acceptors (Lipinski definition) is 5. The third-order valence-corrected chi connectivity index (χ3v) is 3.64. The highest BCUT2D eigenvalue weighted by Crippen LogP contribution is 2.13. The Morgan fingerprint density at radius 2 is 2.29 bits per heavy atom. The fraction of sp³-hybridized carbons (Fsp3) is 0.667. The van der Waals surface area contributed by atoms with Crippen molar-refractivity contribution in [2.75, 3.05) is 46.9 Å². The Morgan fingerprint density at radius 1 is 1.48 bits per heavy atom. The topological polar surface area (TPSA) is 58.6 Å². The minimum atomic E-state index is 0.133. The number of nitrogens with zero attached hydrogens (tertiary/aromatic N) is 4. The first kappa shape index (κ1) is 15.9. The average Bonchev–Trinajstić information content (AvgIpc) is 2.64. The van der Waals surface area contributed by atoms with Crippen LogP contribution < -0.4 is 0 Å². The lowest BCUT2D eigenvalue weighted by Crippen LogP contribution is -2.39. The predicted molar refractivity (Wildman–Crippen MR) is 79.9 cm³/mol. The molecule has 0 aliphatic carbocycles. The number of aryl methyl sites for hydroxylation is 1. The van der Waals surface area contributed by atoms with E-state index in [-0.39, 0.29) is 5.91 Å². The highest BCUT2D eigenvalue weighted by Gasteiger charge is 2.21. The van der Waals surface area contributed by atoms with E-state index >= 15 is 0 Å². The molecule has 1 amide bonds. The monoisotopic (exact) mass is 292 g/mol. The molecule has 1 aromatic heterocycles. The molecule has 1 aromatic rings. The van der Waals surface area contributed by atoms with Crippen LogP contribution in [0.3, 0.4) is 0 Å². The minimum Gasteiger partial charge on any atom is -0.380 e. The maximum Gasteiger partial charge on any atom is 0.236 e. The second-order valence-corrected chi connectivity index (χ2v) is 5.82. The molecule has 116 valence electrons. The lowest BCUT2D eigenvalue weighted by molar-refractivity contribution is -0.129. The lowest BCUT2D eigenvalue weighted by atomic mass is 10.0. The lowest BCUT2D eigenvalue weighted by Gasteiger charge is -2.24. The van der Waals surface area contributed by atoms with Gasteiger partial charge < -0.3 is 9.64 Å². The van der Waals surface area contributed by atoms with Crippen molar-refractivity contribution in [2.45, 2.75) is 13.3 Å². The molecule has 2 heterocycles. The van der Waals surface area contributed by atoms with Gasteiger partial charge in [-0.05, 0) is 19.4 Å². The van der Waals surface area contributed by atoms with Crippen LogP contribution in [0.5, 0.6) is 0 Å². The summed E-state index contributed by atoms with van der Waals surface area (Å²) in [5.41, 5.74) is 2.02. The van der Waals surface area contributed by atoms with Crippen LogP contribution in [0.1, 0.15) is 11.4 Å². The van der Waals surface area contributed by atoms with Crippen molar-refractivity contribution < 1.29 is 9.53 Å². The molecule has 1 fully saturated rings. The molecule has 1 atom stereocenters. The zero-order chi connectivity index (χ0) is 15.2. The van der Waals surface area contributed by atoms with Crippen LogP contribution in [0.25, 0.3) is 0 Å². The van der Waals surface area contributed by atoms with Crippen LogP contribution in [0.2, 0.25) is 0 Å². The van der Waals surface area contributed by atoms with Gasteiger partial charge in [0.25, 0.3) is 0 Å². The van der Waals surface area contributed by atoms with E-state index < -0.39 is 0 Å². The van der Waals surface area contributed by atoms with Crippen LogP contribution in [-0.4, -0.2) is 72.6 Å². The minimum absolute atomic E-state index is 0.133. The molecule has 0 radical (unpaired) electrons. The van der Waals surface area contributed by atoms with Gasteiger partial charge in [-0.1, -0.05) is 0 Å². The van der Waals surface area contributed by atoms with Gasteiger partial charge in [-0.25, -0.2) is 9.97 Å². The van der Waals surface area contributed by atoms with Gasteiger partial charge in [-0.15, -0.1) is 0 Å². The molecule has 0 saturated carbocycles. The molecular formula is C15H24N4O2. The Hall–Kier alpha value is -1.53. The number of aromatic nitrogens is 2. The molecule has 0 aromatic carbocycles. The Labute approximate surface area is 126 Å². The van der Waals surface area contributed by atoms with Crippen LogP contribution in [0.15, 0.2) is 12.4 Å².